The van der Waals surface area contributed by atoms with Gasteiger partial charge in [-0.2, -0.15) is 5.10 Å². The summed E-state index contributed by atoms with van der Waals surface area (Å²) in [5, 5.41) is 6.47. The predicted molar refractivity (Wildman–Crippen MR) is 95.7 cm³/mol. The lowest BCUT2D eigenvalue weighted by molar-refractivity contribution is -0.159. The van der Waals surface area contributed by atoms with Crippen LogP contribution in [0.5, 0.6) is 0 Å². The van der Waals surface area contributed by atoms with Crippen LogP contribution in [-0.4, -0.2) is 56.4 Å². The molecule has 146 valence electrons. The van der Waals surface area contributed by atoms with Crippen LogP contribution in [-0.2, 0) is 37.4 Å². The lowest BCUT2D eigenvalue weighted by atomic mass is 10.3. The van der Waals surface area contributed by atoms with Crippen molar-refractivity contribution in [3.8, 4) is 0 Å². The Morgan fingerprint density at radius 1 is 1.22 bits per heavy atom. The number of aromatic nitrogens is 4. The van der Waals surface area contributed by atoms with E-state index in [1.54, 1.807) is 20.9 Å². The highest BCUT2D eigenvalue weighted by atomic mass is 79.9. The third-order valence-corrected chi connectivity index (χ3v) is 3.99. The zero-order valence-corrected chi connectivity index (χ0v) is 16.5. The summed E-state index contributed by atoms with van der Waals surface area (Å²) >= 11 is 3.17. The number of esters is 2. The molecule has 2 rings (SSSR count). The topological polar surface area (TPSA) is 134 Å². The number of rotatable bonds is 7. The molecule has 0 radical (unpaired) electrons. The van der Waals surface area contributed by atoms with Gasteiger partial charge < -0.3 is 14.8 Å². The van der Waals surface area contributed by atoms with Gasteiger partial charge in [-0.1, -0.05) is 0 Å². The fourth-order valence-corrected chi connectivity index (χ4v) is 2.86. The molecule has 1 amide bonds. The van der Waals surface area contributed by atoms with Crippen LogP contribution in [0.4, 0.5) is 0 Å². The van der Waals surface area contributed by atoms with E-state index in [0.29, 0.717) is 10.3 Å². The van der Waals surface area contributed by atoms with Gasteiger partial charge >= 0.3 is 11.9 Å². The zero-order valence-electron chi connectivity index (χ0n) is 14.9. The van der Waals surface area contributed by atoms with Gasteiger partial charge in [-0.25, -0.2) is 19.3 Å². The van der Waals surface area contributed by atoms with Crippen LogP contribution in [0.2, 0.25) is 0 Å². The molecule has 0 unspecified atom stereocenters. The van der Waals surface area contributed by atoms with Crippen LogP contribution < -0.4 is 10.9 Å². The molecule has 12 heteroatoms. The summed E-state index contributed by atoms with van der Waals surface area (Å²) in [4.78, 5) is 52.7. The molecule has 2 aromatic heterocycles. The summed E-state index contributed by atoms with van der Waals surface area (Å²) in [6.45, 7) is 2.72. The van der Waals surface area contributed by atoms with Crippen LogP contribution in [0.25, 0.3) is 11.0 Å². The Balaban J connectivity index is 2.22. The van der Waals surface area contributed by atoms with E-state index in [9.17, 15) is 19.2 Å². The monoisotopic (exact) mass is 443 g/mol. The highest BCUT2D eigenvalue weighted by Crippen LogP contribution is 2.16. The number of nitrogens with zero attached hydrogens (tertiary/aromatic N) is 4. The van der Waals surface area contributed by atoms with E-state index in [-0.39, 0.29) is 18.6 Å². The van der Waals surface area contributed by atoms with E-state index in [1.165, 1.54) is 11.0 Å². The number of carbonyl (C=O) groups is 3. The fourth-order valence-electron chi connectivity index (χ4n) is 2.27. The molecule has 0 fully saturated rings. The smallest absolute Gasteiger partial charge is 0.340 e. The molecule has 2 aromatic rings. The number of nitrogens with one attached hydrogen (secondary N) is 1. The molecule has 0 aromatic carbocycles. The first-order valence-electron chi connectivity index (χ1n) is 8.00. The van der Waals surface area contributed by atoms with Crippen molar-refractivity contribution < 1.29 is 23.9 Å². The van der Waals surface area contributed by atoms with Gasteiger partial charge in [0, 0.05) is 7.05 Å². The van der Waals surface area contributed by atoms with Gasteiger partial charge in [-0.15, -0.1) is 0 Å². The number of hydrogen-bond donors (Lipinski definition) is 1. The summed E-state index contributed by atoms with van der Waals surface area (Å²) in [6.07, 6.45) is 1.18. The molecule has 0 aliphatic carbocycles. The number of hydrogen-bond acceptors (Lipinski definition) is 8. The first-order chi connectivity index (χ1) is 12.8. The van der Waals surface area contributed by atoms with Gasteiger partial charge in [0.2, 0.25) is 11.9 Å². The first kappa shape index (κ1) is 20.6. The van der Waals surface area contributed by atoms with Crippen molar-refractivity contribution in [1.29, 1.82) is 0 Å². The number of ether oxygens (including phenoxy) is 2. The van der Waals surface area contributed by atoms with Gasteiger partial charge in [0.1, 0.15) is 22.9 Å². The van der Waals surface area contributed by atoms with E-state index in [4.69, 9.17) is 9.47 Å². The molecule has 1 N–H and O–H groups in total. The molecule has 0 bridgehead atoms. The quantitative estimate of drug-likeness (QED) is 0.447. The Morgan fingerprint density at radius 3 is 2.37 bits per heavy atom. The normalized spacial score (nSPS) is 10.9. The standard InChI is InChI=1S/C15H18BrN5O6/c1-4-26-14(24)10(15(25)27-5-2)18-8(22)6-21-7-17-12-9(13(21)23)11(16)19-20(12)3/h7,10H,4-6H2,1-3H3,(H,18,22). The summed E-state index contributed by atoms with van der Waals surface area (Å²) in [5.41, 5.74) is -0.154. The SMILES string of the molecule is CCOC(=O)C(NC(=O)Cn1cnc2c(c(Br)nn2C)c1=O)C(=O)OCC. The maximum Gasteiger partial charge on any atom is 0.340 e. The van der Waals surface area contributed by atoms with Gasteiger partial charge in [0.15, 0.2) is 5.65 Å². The second-order valence-corrected chi connectivity index (χ2v) is 6.05. The molecule has 0 saturated heterocycles. The molecule has 0 saturated carbocycles. The molecule has 2 heterocycles. The number of carbonyl (C=O) groups excluding carboxylic acids is 3. The zero-order chi connectivity index (χ0) is 20.1. The van der Waals surface area contributed by atoms with E-state index < -0.39 is 36.0 Å². The Kier molecular flexibility index (Phi) is 6.66. The van der Waals surface area contributed by atoms with E-state index >= 15 is 0 Å². The highest BCUT2D eigenvalue weighted by Gasteiger charge is 2.31. The van der Waals surface area contributed by atoms with Crippen molar-refractivity contribution in [1.82, 2.24) is 24.6 Å². The van der Waals surface area contributed by atoms with E-state index in [1.807, 2.05) is 0 Å². The Morgan fingerprint density at radius 2 is 1.81 bits per heavy atom. The summed E-state index contributed by atoms with van der Waals surface area (Å²) in [5.74, 6) is -2.65. The van der Waals surface area contributed by atoms with E-state index in [0.717, 1.165) is 4.57 Å². The van der Waals surface area contributed by atoms with Crippen LogP contribution in [0.15, 0.2) is 15.7 Å². The summed E-state index contributed by atoms with van der Waals surface area (Å²) < 4.78 is 12.3. The number of fused-ring (bicyclic) bond motifs is 1. The van der Waals surface area contributed by atoms with Gasteiger partial charge in [0.05, 0.1) is 13.2 Å². The van der Waals surface area contributed by atoms with Crippen molar-refractivity contribution in [2.45, 2.75) is 26.4 Å². The first-order valence-corrected chi connectivity index (χ1v) is 8.79. The minimum absolute atomic E-state index is 0.0275. The number of halogens is 1. The van der Waals surface area contributed by atoms with Gasteiger partial charge in [0.25, 0.3) is 5.56 Å². The minimum Gasteiger partial charge on any atom is -0.464 e. The van der Waals surface area contributed by atoms with Gasteiger partial charge in [-0.3, -0.25) is 14.2 Å². The molecular weight excluding hydrogens is 426 g/mol. The molecule has 27 heavy (non-hydrogen) atoms. The molecule has 0 spiro atoms. The average molecular weight is 444 g/mol. The molecular formula is C15H18BrN5O6. The van der Waals surface area contributed by atoms with Crippen LogP contribution in [0.1, 0.15) is 13.8 Å². The molecule has 0 aliphatic heterocycles. The van der Waals surface area contributed by atoms with Crippen molar-refractivity contribution in [2.24, 2.45) is 7.05 Å². The maximum atomic E-state index is 12.5. The number of amides is 1. The van der Waals surface area contributed by atoms with Crippen molar-refractivity contribution in [3.05, 3.63) is 21.3 Å². The summed E-state index contributed by atoms with van der Waals surface area (Å²) in [6, 6.07) is -1.62. The second-order valence-electron chi connectivity index (χ2n) is 5.30. The van der Waals surface area contributed by atoms with Crippen LogP contribution in [0, 0.1) is 0 Å². The third kappa shape index (κ3) is 4.51. The Hall–Kier alpha value is -2.76. The minimum atomic E-state index is -1.62. The molecule has 0 aliphatic rings. The summed E-state index contributed by atoms with van der Waals surface area (Å²) in [7, 11) is 1.62. The predicted octanol–water partition coefficient (Wildman–Crippen LogP) is -0.496. The third-order valence-electron chi connectivity index (χ3n) is 3.43. The largest absolute Gasteiger partial charge is 0.464 e. The Labute approximate surface area is 161 Å². The second kappa shape index (κ2) is 8.75. The molecule has 0 atom stereocenters. The average Bonchev–Trinajstić information content (AvgIpc) is 2.90. The van der Waals surface area contributed by atoms with Crippen LogP contribution >= 0.6 is 15.9 Å². The Bertz CT molecular complexity index is 919. The van der Waals surface area contributed by atoms with Gasteiger partial charge in [-0.05, 0) is 29.8 Å². The maximum absolute atomic E-state index is 12.5. The highest BCUT2D eigenvalue weighted by molar-refractivity contribution is 9.10. The van der Waals surface area contributed by atoms with Crippen molar-refractivity contribution in [3.63, 3.8) is 0 Å². The molecule has 11 nitrogen and oxygen atoms in total. The van der Waals surface area contributed by atoms with Crippen LogP contribution in [0.3, 0.4) is 0 Å². The number of aryl methyl sites for hydroxylation is 1. The lowest BCUT2D eigenvalue weighted by Crippen LogP contribution is -2.49. The lowest BCUT2D eigenvalue weighted by Gasteiger charge is -2.16. The van der Waals surface area contributed by atoms with Crippen molar-refractivity contribution in [2.75, 3.05) is 13.2 Å². The van der Waals surface area contributed by atoms with E-state index in [2.05, 4.69) is 31.3 Å². The fraction of sp³-hybridized carbons (Fsp3) is 0.467. The van der Waals surface area contributed by atoms with Crippen molar-refractivity contribution >= 4 is 44.8 Å².